The Morgan fingerprint density at radius 3 is 1.52 bits per heavy atom. The van der Waals surface area contributed by atoms with Crippen LogP contribution in [-0.2, 0) is 4.79 Å². The summed E-state index contributed by atoms with van der Waals surface area (Å²) >= 11 is 0. The maximum Gasteiger partial charge on any atom is 0.338 e. The summed E-state index contributed by atoms with van der Waals surface area (Å²) in [4.78, 5) is 11.6. The standard InChI is InChI=1S/C28H23NO2/c1-20(2)28(30)31-27-18-12-24(13-19-27)23-10-16-26(17-11-23)29-25-14-8-22(9-15-25)21-6-4-3-5-7-21/h3-19,29H,1H2,2H3. The number of carbonyl (C=O) groups excluding carboxylic acids is 1. The highest BCUT2D eigenvalue weighted by Crippen LogP contribution is 2.27. The Morgan fingerprint density at radius 1 is 0.645 bits per heavy atom. The van der Waals surface area contributed by atoms with Crippen molar-refractivity contribution < 1.29 is 9.53 Å². The molecule has 0 saturated heterocycles. The molecule has 152 valence electrons. The molecule has 0 spiro atoms. The number of rotatable bonds is 6. The zero-order valence-corrected chi connectivity index (χ0v) is 17.3. The van der Waals surface area contributed by atoms with E-state index in [2.05, 4.69) is 72.6 Å². The third-order valence-electron chi connectivity index (χ3n) is 4.91. The van der Waals surface area contributed by atoms with Gasteiger partial charge in [-0.3, -0.25) is 0 Å². The maximum atomic E-state index is 11.6. The molecule has 4 aromatic carbocycles. The summed E-state index contributed by atoms with van der Waals surface area (Å²) in [6.07, 6.45) is 0. The zero-order valence-electron chi connectivity index (χ0n) is 17.3. The molecule has 0 amide bonds. The summed E-state index contributed by atoms with van der Waals surface area (Å²) in [7, 11) is 0. The van der Waals surface area contributed by atoms with E-state index in [0.717, 1.165) is 22.5 Å². The summed E-state index contributed by atoms with van der Waals surface area (Å²) in [5.74, 6) is 0.0916. The van der Waals surface area contributed by atoms with E-state index in [1.165, 1.54) is 11.1 Å². The monoisotopic (exact) mass is 405 g/mol. The number of hydrogen-bond donors (Lipinski definition) is 1. The Labute approximate surface area is 182 Å². The van der Waals surface area contributed by atoms with E-state index in [1.54, 1.807) is 19.1 Å². The van der Waals surface area contributed by atoms with Gasteiger partial charge in [-0.1, -0.05) is 73.3 Å². The second kappa shape index (κ2) is 9.14. The topological polar surface area (TPSA) is 38.3 Å². The lowest BCUT2D eigenvalue weighted by Gasteiger charge is -2.10. The van der Waals surface area contributed by atoms with Gasteiger partial charge in [0.05, 0.1) is 0 Å². The molecule has 3 nitrogen and oxygen atoms in total. The first-order valence-electron chi connectivity index (χ1n) is 10.1. The van der Waals surface area contributed by atoms with Gasteiger partial charge in [-0.05, 0) is 65.6 Å². The molecule has 0 heterocycles. The molecule has 0 radical (unpaired) electrons. The molecule has 0 aliphatic heterocycles. The fraction of sp³-hybridized carbons (Fsp3) is 0.0357. The Bertz CT molecular complexity index is 1180. The molecule has 31 heavy (non-hydrogen) atoms. The van der Waals surface area contributed by atoms with E-state index in [1.807, 2.05) is 30.3 Å². The number of benzene rings is 4. The third-order valence-corrected chi connectivity index (χ3v) is 4.91. The van der Waals surface area contributed by atoms with Crippen LogP contribution >= 0.6 is 0 Å². The van der Waals surface area contributed by atoms with Gasteiger partial charge in [0, 0.05) is 16.9 Å². The zero-order chi connectivity index (χ0) is 21.6. The van der Waals surface area contributed by atoms with E-state index in [9.17, 15) is 4.79 Å². The van der Waals surface area contributed by atoms with E-state index in [4.69, 9.17) is 4.74 Å². The van der Waals surface area contributed by atoms with Crippen molar-refractivity contribution in [3.63, 3.8) is 0 Å². The van der Waals surface area contributed by atoms with Crippen LogP contribution in [0.2, 0.25) is 0 Å². The van der Waals surface area contributed by atoms with Crippen LogP contribution in [0.25, 0.3) is 22.3 Å². The quantitative estimate of drug-likeness (QED) is 0.209. The predicted octanol–water partition coefficient (Wildman–Crippen LogP) is 7.25. The highest BCUT2D eigenvalue weighted by Gasteiger charge is 2.06. The lowest BCUT2D eigenvalue weighted by molar-refractivity contribution is -0.130. The van der Waals surface area contributed by atoms with E-state index >= 15 is 0 Å². The van der Waals surface area contributed by atoms with Gasteiger partial charge >= 0.3 is 5.97 Å². The number of ether oxygens (including phenoxy) is 1. The van der Waals surface area contributed by atoms with Gasteiger partial charge < -0.3 is 10.1 Å². The van der Waals surface area contributed by atoms with Crippen molar-refractivity contribution in [3.05, 3.63) is 115 Å². The van der Waals surface area contributed by atoms with Crippen LogP contribution in [0, 0.1) is 0 Å². The van der Waals surface area contributed by atoms with Crippen LogP contribution in [0.4, 0.5) is 11.4 Å². The fourth-order valence-electron chi connectivity index (χ4n) is 3.20. The van der Waals surface area contributed by atoms with Crippen LogP contribution in [-0.4, -0.2) is 5.97 Å². The first kappa shape index (κ1) is 20.2. The first-order chi connectivity index (χ1) is 15.1. The molecule has 4 aromatic rings. The highest BCUT2D eigenvalue weighted by atomic mass is 16.5. The smallest absolute Gasteiger partial charge is 0.338 e. The second-order valence-electron chi connectivity index (χ2n) is 7.34. The molecule has 0 aromatic heterocycles. The predicted molar refractivity (Wildman–Crippen MR) is 127 cm³/mol. The number of hydrogen-bond acceptors (Lipinski definition) is 3. The van der Waals surface area contributed by atoms with Gasteiger partial charge in [0.25, 0.3) is 0 Å². The van der Waals surface area contributed by atoms with Crippen LogP contribution in [0.1, 0.15) is 6.92 Å². The van der Waals surface area contributed by atoms with Crippen molar-refractivity contribution in [1.82, 2.24) is 0 Å². The van der Waals surface area contributed by atoms with Gasteiger partial charge in [0.2, 0.25) is 0 Å². The first-order valence-corrected chi connectivity index (χ1v) is 10.1. The molecule has 0 unspecified atom stereocenters. The summed E-state index contributed by atoms with van der Waals surface area (Å²) in [6.45, 7) is 5.22. The molecule has 0 aliphatic carbocycles. The molecule has 0 aliphatic rings. The molecule has 3 heteroatoms. The molecular weight excluding hydrogens is 382 g/mol. The van der Waals surface area contributed by atoms with Gasteiger partial charge in [0.1, 0.15) is 5.75 Å². The number of nitrogens with one attached hydrogen (secondary N) is 1. The van der Waals surface area contributed by atoms with E-state index in [-0.39, 0.29) is 0 Å². The fourth-order valence-corrected chi connectivity index (χ4v) is 3.20. The number of carbonyl (C=O) groups is 1. The summed E-state index contributed by atoms with van der Waals surface area (Å²) in [6, 6.07) is 34.4. The minimum absolute atomic E-state index is 0.377. The molecule has 1 N–H and O–H groups in total. The molecule has 0 saturated carbocycles. The average molecular weight is 405 g/mol. The summed E-state index contributed by atoms with van der Waals surface area (Å²) in [5.41, 5.74) is 6.97. The molecule has 4 rings (SSSR count). The van der Waals surface area contributed by atoms with E-state index < -0.39 is 5.97 Å². The van der Waals surface area contributed by atoms with E-state index in [0.29, 0.717) is 11.3 Å². The Morgan fingerprint density at radius 2 is 1.06 bits per heavy atom. The van der Waals surface area contributed by atoms with Gasteiger partial charge in [-0.15, -0.1) is 0 Å². The maximum absolute atomic E-state index is 11.6. The number of esters is 1. The molecule has 0 atom stereocenters. The van der Waals surface area contributed by atoms with Crippen molar-refractivity contribution in [2.45, 2.75) is 6.92 Å². The lowest BCUT2D eigenvalue weighted by Crippen LogP contribution is -2.07. The van der Waals surface area contributed by atoms with Gasteiger partial charge in [-0.25, -0.2) is 4.79 Å². The summed E-state index contributed by atoms with van der Waals surface area (Å²) in [5, 5.41) is 3.44. The van der Waals surface area contributed by atoms with Crippen molar-refractivity contribution in [1.29, 1.82) is 0 Å². The lowest BCUT2D eigenvalue weighted by atomic mass is 10.0. The van der Waals surface area contributed by atoms with Crippen LogP contribution < -0.4 is 10.1 Å². The third kappa shape index (κ3) is 5.09. The Kier molecular flexibility index (Phi) is 5.95. The van der Waals surface area contributed by atoms with Gasteiger partial charge in [-0.2, -0.15) is 0 Å². The minimum atomic E-state index is -0.417. The van der Waals surface area contributed by atoms with Crippen molar-refractivity contribution in [3.8, 4) is 28.0 Å². The minimum Gasteiger partial charge on any atom is -0.423 e. The number of anilines is 2. The van der Waals surface area contributed by atoms with Crippen LogP contribution in [0.3, 0.4) is 0 Å². The van der Waals surface area contributed by atoms with Crippen molar-refractivity contribution in [2.75, 3.05) is 5.32 Å². The largest absolute Gasteiger partial charge is 0.423 e. The van der Waals surface area contributed by atoms with Crippen LogP contribution in [0.15, 0.2) is 115 Å². The summed E-state index contributed by atoms with van der Waals surface area (Å²) < 4.78 is 5.24. The second-order valence-corrected chi connectivity index (χ2v) is 7.34. The highest BCUT2D eigenvalue weighted by molar-refractivity contribution is 5.88. The molecule has 0 bridgehead atoms. The Hall–Kier alpha value is -4.11. The normalized spacial score (nSPS) is 10.4. The van der Waals surface area contributed by atoms with Crippen molar-refractivity contribution >= 4 is 17.3 Å². The van der Waals surface area contributed by atoms with Gasteiger partial charge in [0.15, 0.2) is 0 Å². The average Bonchev–Trinajstić information content (AvgIpc) is 2.81. The molecule has 0 fully saturated rings. The van der Waals surface area contributed by atoms with Crippen LogP contribution in [0.5, 0.6) is 5.75 Å². The van der Waals surface area contributed by atoms with Crippen molar-refractivity contribution in [2.24, 2.45) is 0 Å². The molecular formula is C28H23NO2. The Balaban J connectivity index is 1.41. The SMILES string of the molecule is C=C(C)C(=O)Oc1ccc(-c2ccc(Nc3ccc(-c4ccccc4)cc3)cc2)cc1.